The summed E-state index contributed by atoms with van der Waals surface area (Å²) in [4.78, 5) is 4.43. The van der Waals surface area contributed by atoms with E-state index in [0.29, 0.717) is 6.04 Å². The Labute approximate surface area is 106 Å². The molecule has 1 N–H and O–H groups in total. The zero-order chi connectivity index (χ0) is 12.7. The van der Waals surface area contributed by atoms with E-state index in [1.54, 1.807) is 0 Å². The van der Waals surface area contributed by atoms with Crippen molar-refractivity contribution in [1.29, 1.82) is 0 Å². The summed E-state index contributed by atoms with van der Waals surface area (Å²) in [7, 11) is 2.05. The fourth-order valence-corrected chi connectivity index (χ4v) is 2.32. The summed E-state index contributed by atoms with van der Waals surface area (Å²) >= 11 is 0. The number of aryl methyl sites for hydroxylation is 2. The molecule has 0 radical (unpaired) electrons. The van der Waals surface area contributed by atoms with Gasteiger partial charge in [0, 0.05) is 17.4 Å². The summed E-state index contributed by atoms with van der Waals surface area (Å²) < 4.78 is 0. The Hall–Kier alpha value is -0.890. The number of hydrogen-bond acceptors (Lipinski definition) is 2. The molecule has 0 aliphatic carbocycles. The Morgan fingerprint density at radius 2 is 1.76 bits per heavy atom. The molecule has 1 aromatic rings. The van der Waals surface area contributed by atoms with E-state index in [4.69, 9.17) is 0 Å². The quantitative estimate of drug-likeness (QED) is 0.723. The van der Waals surface area contributed by atoms with Crippen molar-refractivity contribution in [2.45, 2.75) is 58.9 Å². The number of nitrogens with zero attached hydrogens (tertiary/aromatic N) is 1. The van der Waals surface area contributed by atoms with Crippen LogP contribution in [0.2, 0.25) is 0 Å². The predicted molar refractivity (Wildman–Crippen MR) is 74.3 cm³/mol. The second-order valence-electron chi connectivity index (χ2n) is 4.87. The van der Waals surface area contributed by atoms with E-state index in [-0.39, 0.29) is 0 Å². The van der Waals surface area contributed by atoms with Gasteiger partial charge in [-0.05, 0) is 45.0 Å². The molecule has 0 spiro atoms. The molecule has 1 atom stereocenters. The second kappa shape index (κ2) is 7.44. The lowest BCUT2D eigenvalue weighted by Crippen LogP contribution is -2.16. The van der Waals surface area contributed by atoms with Gasteiger partial charge < -0.3 is 5.32 Å². The van der Waals surface area contributed by atoms with E-state index in [0.717, 1.165) is 11.4 Å². The van der Waals surface area contributed by atoms with Crippen LogP contribution in [0.4, 0.5) is 0 Å². The van der Waals surface area contributed by atoms with Crippen LogP contribution in [0.1, 0.15) is 62.0 Å². The first-order valence-corrected chi connectivity index (χ1v) is 6.79. The maximum Gasteiger partial charge on any atom is 0.0379 e. The lowest BCUT2D eigenvalue weighted by atomic mass is 9.99. The highest BCUT2D eigenvalue weighted by molar-refractivity contribution is 5.23. The predicted octanol–water partition coefficient (Wildman–Crippen LogP) is 3.93. The average molecular weight is 234 g/mol. The van der Waals surface area contributed by atoms with Gasteiger partial charge in [0.1, 0.15) is 0 Å². The van der Waals surface area contributed by atoms with Gasteiger partial charge in [0.05, 0.1) is 0 Å². The Morgan fingerprint density at radius 1 is 1.12 bits per heavy atom. The van der Waals surface area contributed by atoms with E-state index < -0.39 is 0 Å². The summed E-state index contributed by atoms with van der Waals surface area (Å²) in [6, 6.07) is 4.88. The minimum atomic E-state index is 0.479. The topological polar surface area (TPSA) is 24.9 Å². The molecule has 1 heterocycles. The first kappa shape index (κ1) is 14.2. The molecule has 17 heavy (non-hydrogen) atoms. The molecule has 1 unspecified atom stereocenters. The molecular weight excluding hydrogens is 208 g/mol. The molecule has 0 saturated heterocycles. The first-order chi connectivity index (χ1) is 8.17. The van der Waals surface area contributed by atoms with Crippen LogP contribution in [0, 0.1) is 13.8 Å². The molecule has 2 nitrogen and oxygen atoms in total. The molecule has 0 aromatic carbocycles. The standard InChI is InChI=1S/C15H26N2/c1-5-6-7-8-9-15(16-4)14-10-12(2)17-13(3)11-14/h10-11,15-16H,5-9H2,1-4H3. The molecule has 1 aromatic heterocycles. The molecule has 0 fully saturated rings. The minimum Gasteiger partial charge on any atom is -0.313 e. The third-order valence-corrected chi connectivity index (χ3v) is 3.20. The number of unbranched alkanes of at least 4 members (excludes halogenated alkanes) is 3. The van der Waals surface area contributed by atoms with Crippen molar-refractivity contribution in [2.75, 3.05) is 7.05 Å². The summed E-state index contributed by atoms with van der Waals surface area (Å²) in [5, 5.41) is 3.42. The zero-order valence-electron chi connectivity index (χ0n) is 11.7. The fourth-order valence-electron chi connectivity index (χ4n) is 2.32. The highest BCUT2D eigenvalue weighted by atomic mass is 14.9. The van der Waals surface area contributed by atoms with Gasteiger partial charge in [0.25, 0.3) is 0 Å². The van der Waals surface area contributed by atoms with Crippen LogP contribution in [0.3, 0.4) is 0 Å². The molecule has 96 valence electrons. The van der Waals surface area contributed by atoms with E-state index in [1.165, 1.54) is 37.7 Å². The number of aromatic nitrogens is 1. The Morgan fingerprint density at radius 3 is 2.29 bits per heavy atom. The maximum absolute atomic E-state index is 4.43. The average Bonchev–Trinajstić information content (AvgIpc) is 2.28. The molecule has 0 aliphatic rings. The zero-order valence-corrected chi connectivity index (χ0v) is 11.7. The lowest BCUT2D eigenvalue weighted by molar-refractivity contribution is 0.504. The van der Waals surface area contributed by atoms with Gasteiger partial charge in [-0.2, -0.15) is 0 Å². The van der Waals surface area contributed by atoms with Crippen molar-refractivity contribution in [3.05, 3.63) is 29.1 Å². The van der Waals surface area contributed by atoms with Crippen LogP contribution in [0.25, 0.3) is 0 Å². The van der Waals surface area contributed by atoms with Gasteiger partial charge in [-0.15, -0.1) is 0 Å². The smallest absolute Gasteiger partial charge is 0.0379 e. The molecule has 0 saturated carbocycles. The van der Waals surface area contributed by atoms with Crippen molar-refractivity contribution in [1.82, 2.24) is 10.3 Å². The number of nitrogens with one attached hydrogen (secondary N) is 1. The van der Waals surface area contributed by atoms with Crippen LogP contribution in [-0.4, -0.2) is 12.0 Å². The Balaban J connectivity index is 2.59. The third kappa shape index (κ3) is 4.86. The molecule has 0 bridgehead atoms. The molecule has 2 heteroatoms. The van der Waals surface area contributed by atoms with Gasteiger partial charge in [0.15, 0.2) is 0 Å². The summed E-state index contributed by atoms with van der Waals surface area (Å²) in [5.74, 6) is 0. The Kier molecular flexibility index (Phi) is 6.20. The number of rotatable bonds is 7. The monoisotopic (exact) mass is 234 g/mol. The highest BCUT2D eigenvalue weighted by Gasteiger charge is 2.09. The largest absolute Gasteiger partial charge is 0.313 e. The van der Waals surface area contributed by atoms with Gasteiger partial charge in [-0.25, -0.2) is 0 Å². The van der Waals surface area contributed by atoms with Crippen LogP contribution in [0.15, 0.2) is 12.1 Å². The van der Waals surface area contributed by atoms with E-state index in [1.807, 2.05) is 0 Å². The Bertz CT molecular complexity index is 313. The van der Waals surface area contributed by atoms with Crippen molar-refractivity contribution in [3.63, 3.8) is 0 Å². The fraction of sp³-hybridized carbons (Fsp3) is 0.667. The number of pyridine rings is 1. The summed E-state index contributed by atoms with van der Waals surface area (Å²) in [6.45, 7) is 6.39. The summed E-state index contributed by atoms with van der Waals surface area (Å²) in [5.41, 5.74) is 3.62. The molecule has 0 aliphatic heterocycles. The maximum atomic E-state index is 4.43. The molecule has 1 rings (SSSR count). The normalized spacial score (nSPS) is 12.7. The molecular formula is C15H26N2. The highest BCUT2D eigenvalue weighted by Crippen LogP contribution is 2.21. The first-order valence-electron chi connectivity index (χ1n) is 6.79. The van der Waals surface area contributed by atoms with Crippen molar-refractivity contribution in [2.24, 2.45) is 0 Å². The second-order valence-corrected chi connectivity index (χ2v) is 4.87. The van der Waals surface area contributed by atoms with Crippen LogP contribution >= 0.6 is 0 Å². The minimum absolute atomic E-state index is 0.479. The lowest BCUT2D eigenvalue weighted by Gasteiger charge is -2.17. The SMILES string of the molecule is CCCCCCC(NC)c1cc(C)nc(C)c1. The van der Waals surface area contributed by atoms with Crippen LogP contribution < -0.4 is 5.32 Å². The van der Waals surface area contributed by atoms with Gasteiger partial charge in [-0.3, -0.25) is 4.98 Å². The van der Waals surface area contributed by atoms with E-state index in [9.17, 15) is 0 Å². The van der Waals surface area contributed by atoms with Gasteiger partial charge in [0.2, 0.25) is 0 Å². The van der Waals surface area contributed by atoms with E-state index in [2.05, 4.69) is 50.3 Å². The van der Waals surface area contributed by atoms with Gasteiger partial charge >= 0.3 is 0 Å². The molecule has 0 amide bonds. The van der Waals surface area contributed by atoms with Crippen molar-refractivity contribution in [3.8, 4) is 0 Å². The third-order valence-electron chi connectivity index (χ3n) is 3.20. The van der Waals surface area contributed by atoms with Crippen LogP contribution in [-0.2, 0) is 0 Å². The van der Waals surface area contributed by atoms with Crippen molar-refractivity contribution < 1.29 is 0 Å². The van der Waals surface area contributed by atoms with E-state index >= 15 is 0 Å². The van der Waals surface area contributed by atoms with Crippen molar-refractivity contribution >= 4 is 0 Å². The van der Waals surface area contributed by atoms with Gasteiger partial charge in [-0.1, -0.05) is 32.6 Å². The van der Waals surface area contributed by atoms with Crippen LogP contribution in [0.5, 0.6) is 0 Å². The summed E-state index contributed by atoms with van der Waals surface area (Å²) in [6.07, 6.45) is 6.53. The number of hydrogen-bond donors (Lipinski definition) is 1.